The van der Waals surface area contributed by atoms with E-state index in [4.69, 9.17) is 0 Å². The highest BCUT2D eigenvalue weighted by atomic mass is 16.1. The zero-order chi connectivity index (χ0) is 11.8. The number of anilines is 1. The molecule has 0 aromatic heterocycles. The molecule has 1 radical (unpaired) electrons. The van der Waals surface area contributed by atoms with Crippen LogP contribution in [0.1, 0.15) is 39.5 Å². The van der Waals surface area contributed by atoms with Gasteiger partial charge < -0.3 is 5.32 Å². The first-order valence-electron chi connectivity index (χ1n) is 6.04. The molecule has 0 saturated carbocycles. The van der Waals surface area contributed by atoms with Gasteiger partial charge in [-0.05, 0) is 31.0 Å². The summed E-state index contributed by atoms with van der Waals surface area (Å²) in [5.74, 6) is 0.284. The van der Waals surface area contributed by atoms with Crippen molar-refractivity contribution in [1.29, 1.82) is 0 Å². The molecule has 87 valence electrons. The highest BCUT2D eigenvalue weighted by molar-refractivity contribution is 5.92. The molecule has 0 saturated heterocycles. The lowest BCUT2D eigenvalue weighted by Gasteiger charge is -2.14. The first kappa shape index (κ1) is 12.8. The molecule has 16 heavy (non-hydrogen) atoms. The molecule has 1 atom stereocenters. The molecular formula is C14H20NO. The third kappa shape index (κ3) is 4.05. The van der Waals surface area contributed by atoms with E-state index in [0.29, 0.717) is 0 Å². The molecule has 0 heterocycles. The maximum atomic E-state index is 11.9. The van der Waals surface area contributed by atoms with Gasteiger partial charge >= 0.3 is 0 Å². The van der Waals surface area contributed by atoms with Crippen LogP contribution >= 0.6 is 0 Å². The van der Waals surface area contributed by atoms with Gasteiger partial charge in [0.15, 0.2) is 0 Å². The minimum atomic E-state index is 0.141. The first-order valence-corrected chi connectivity index (χ1v) is 6.04. The molecule has 2 nitrogen and oxygen atoms in total. The molecule has 0 aliphatic heterocycles. The fourth-order valence-corrected chi connectivity index (χ4v) is 1.69. The van der Waals surface area contributed by atoms with Crippen molar-refractivity contribution >= 4 is 11.6 Å². The lowest BCUT2D eigenvalue weighted by Crippen LogP contribution is -2.22. The molecule has 1 unspecified atom stereocenters. The van der Waals surface area contributed by atoms with E-state index in [1.165, 1.54) is 0 Å². The van der Waals surface area contributed by atoms with Gasteiger partial charge in [0.2, 0.25) is 5.91 Å². The number of carbonyl (C=O) groups excluding carboxylic acids is 1. The Hall–Kier alpha value is -1.31. The van der Waals surface area contributed by atoms with Crippen molar-refractivity contribution in [2.75, 3.05) is 5.32 Å². The zero-order valence-corrected chi connectivity index (χ0v) is 10.1. The average Bonchev–Trinajstić information content (AvgIpc) is 2.31. The van der Waals surface area contributed by atoms with Gasteiger partial charge in [-0.2, -0.15) is 0 Å². The fraction of sp³-hybridized carbons (Fsp3) is 0.500. The van der Waals surface area contributed by atoms with Crippen LogP contribution in [0.2, 0.25) is 0 Å². The summed E-state index contributed by atoms with van der Waals surface area (Å²) in [5, 5.41) is 2.94. The number of hydrogen-bond acceptors (Lipinski definition) is 1. The number of benzene rings is 1. The van der Waals surface area contributed by atoms with Crippen molar-refractivity contribution in [1.82, 2.24) is 0 Å². The number of amides is 1. The van der Waals surface area contributed by atoms with E-state index >= 15 is 0 Å². The molecule has 1 aromatic rings. The van der Waals surface area contributed by atoms with E-state index in [1.807, 2.05) is 24.3 Å². The first-order chi connectivity index (χ1) is 7.77. The molecule has 2 heteroatoms. The second kappa shape index (κ2) is 7.04. The van der Waals surface area contributed by atoms with E-state index in [9.17, 15) is 4.79 Å². The molecule has 0 fully saturated rings. The largest absolute Gasteiger partial charge is 0.326 e. The summed E-state index contributed by atoms with van der Waals surface area (Å²) >= 11 is 0. The Morgan fingerprint density at radius 2 is 2.06 bits per heavy atom. The zero-order valence-electron chi connectivity index (χ0n) is 10.1. The Morgan fingerprint density at radius 3 is 2.62 bits per heavy atom. The van der Waals surface area contributed by atoms with Crippen LogP contribution in [0.3, 0.4) is 0 Å². The van der Waals surface area contributed by atoms with Crippen LogP contribution in [0.5, 0.6) is 0 Å². The van der Waals surface area contributed by atoms with E-state index in [0.717, 1.165) is 31.4 Å². The van der Waals surface area contributed by atoms with Gasteiger partial charge in [0.25, 0.3) is 0 Å². The molecule has 0 aliphatic carbocycles. The minimum absolute atomic E-state index is 0.141. The number of hydrogen-bond donors (Lipinski definition) is 1. The van der Waals surface area contributed by atoms with Gasteiger partial charge in [-0.25, -0.2) is 0 Å². The van der Waals surface area contributed by atoms with Crippen LogP contribution in [0.4, 0.5) is 5.69 Å². The number of carbonyl (C=O) groups is 1. The quantitative estimate of drug-likeness (QED) is 0.776. The van der Waals surface area contributed by atoms with Gasteiger partial charge in [0.1, 0.15) is 0 Å². The summed E-state index contributed by atoms with van der Waals surface area (Å²) in [4.78, 5) is 11.9. The Bertz CT molecular complexity index is 308. The number of unbranched alkanes of at least 4 members (excludes halogenated alkanes) is 1. The van der Waals surface area contributed by atoms with Crippen LogP contribution in [0, 0.1) is 12.0 Å². The van der Waals surface area contributed by atoms with Crippen molar-refractivity contribution in [3.8, 4) is 0 Å². The van der Waals surface area contributed by atoms with E-state index in [2.05, 4.69) is 25.2 Å². The molecule has 0 spiro atoms. The summed E-state index contributed by atoms with van der Waals surface area (Å²) in [6, 6.07) is 10.3. The Balaban J connectivity index is 2.49. The number of rotatable bonds is 6. The molecule has 0 bridgehead atoms. The number of nitrogens with one attached hydrogen (secondary N) is 1. The Labute approximate surface area is 98.1 Å². The molecule has 1 amide bonds. The second-order valence-corrected chi connectivity index (χ2v) is 4.03. The Morgan fingerprint density at radius 1 is 1.38 bits per heavy atom. The van der Waals surface area contributed by atoms with E-state index in [-0.39, 0.29) is 11.8 Å². The van der Waals surface area contributed by atoms with Gasteiger partial charge in [-0.3, -0.25) is 4.79 Å². The van der Waals surface area contributed by atoms with E-state index < -0.39 is 0 Å². The van der Waals surface area contributed by atoms with Crippen LogP contribution in [0.25, 0.3) is 0 Å². The van der Waals surface area contributed by atoms with Gasteiger partial charge in [-0.15, -0.1) is 0 Å². The molecule has 0 aliphatic rings. The van der Waals surface area contributed by atoms with Crippen LogP contribution < -0.4 is 5.32 Å². The van der Waals surface area contributed by atoms with Crippen molar-refractivity contribution in [2.45, 2.75) is 39.5 Å². The summed E-state index contributed by atoms with van der Waals surface area (Å²) in [7, 11) is 0. The van der Waals surface area contributed by atoms with Crippen LogP contribution in [0.15, 0.2) is 24.3 Å². The predicted molar refractivity (Wildman–Crippen MR) is 67.2 cm³/mol. The SMILES string of the molecule is CCCCC(CC)C(=O)Nc1cc[c]cc1. The highest BCUT2D eigenvalue weighted by Gasteiger charge is 2.15. The summed E-state index contributed by atoms with van der Waals surface area (Å²) in [5.41, 5.74) is 0.860. The summed E-state index contributed by atoms with van der Waals surface area (Å²) in [6.45, 7) is 4.22. The lowest BCUT2D eigenvalue weighted by molar-refractivity contribution is -0.120. The summed E-state index contributed by atoms with van der Waals surface area (Å²) < 4.78 is 0. The third-order valence-corrected chi connectivity index (χ3v) is 2.76. The van der Waals surface area contributed by atoms with Crippen molar-refractivity contribution in [3.63, 3.8) is 0 Å². The van der Waals surface area contributed by atoms with Gasteiger partial charge in [-0.1, -0.05) is 38.8 Å². The lowest BCUT2D eigenvalue weighted by atomic mass is 9.98. The minimum Gasteiger partial charge on any atom is -0.326 e. The normalized spacial score (nSPS) is 12.1. The fourth-order valence-electron chi connectivity index (χ4n) is 1.69. The topological polar surface area (TPSA) is 29.1 Å². The van der Waals surface area contributed by atoms with Crippen molar-refractivity contribution in [2.24, 2.45) is 5.92 Å². The maximum absolute atomic E-state index is 11.9. The predicted octanol–water partition coefficient (Wildman–Crippen LogP) is 3.64. The maximum Gasteiger partial charge on any atom is 0.227 e. The molecule has 1 N–H and O–H groups in total. The molecule has 1 rings (SSSR count). The highest BCUT2D eigenvalue weighted by Crippen LogP contribution is 2.15. The smallest absolute Gasteiger partial charge is 0.227 e. The third-order valence-electron chi connectivity index (χ3n) is 2.76. The molecule has 1 aromatic carbocycles. The Kier molecular flexibility index (Phi) is 5.62. The van der Waals surface area contributed by atoms with Crippen LogP contribution in [-0.2, 0) is 4.79 Å². The van der Waals surface area contributed by atoms with Crippen LogP contribution in [-0.4, -0.2) is 5.91 Å². The monoisotopic (exact) mass is 218 g/mol. The van der Waals surface area contributed by atoms with Crippen molar-refractivity contribution < 1.29 is 4.79 Å². The standard InChI is InChI=1S/C14H20NO/c1-3-5-9-12(4-2)14(16)15-13-10-7-6-8-11-13/h7-8,10-12H,3-5,9H2,1-2H3,(H,15,16). The van der Waals surface area contributed by atoms with E-state index in [1.54, 1.807) is 0 Å². The average molecular weight is 218 g/mol. The summed E-state index contributed by atoms with van der Waals surface area (Å²) in [6.07, 6.45) is 4.15. The van der Waals surface area contributed by atoms with Crippen molar-refractivity contribution in [3.05, 3.63) is 30.3 Å². The van der Waals surface area contributed by atoms with Gasteiger partial charge in [0.05, 0.1) is 0 Å². The molecular weight excluding hydrogens is 198 g/mol. The van der Waals surface area contributed by atoms with Gasteiger partial charge in [0, 0.05) is 11.6 Å². The second-order valence-electron chi connectivity index (χ2n) is 4.03.